The monoisotopic (exact) mass is 229 g/mol. The van der Waals surface area contributed by atoms with Gasteiger partial charge in [-0.2, -0.15) is 0 Å². The molecule has 0 radical (unpaired) electrons. The van der Waals surface area contributed by atoms with Crippen molar-refractivity contribution in [2.45, 2.75) is 19.3 Å². The second kappa shape index (κ2) is 6.44. The van der Waals surface area contributed by atoms with Crippen LogP contribution < -0.4 is 16.8 Å². The predicted molar refractivity (Wildman–Crippen MR) is 58.4 cm³/mol. The zero-order valence-corrected chi connectivity index (χ0v) is 9.28. The van der Waals surface area contributed by atoms with E-state index in [2.05, 4.69) is 0 Å². The summed E-state index contributed by atoms with van der Waals surface area (Å²) in [6, 6.07) is -0.852. The zero-order chi connectivity index (χ0) is 12.0. The third kappa shape index (κ3) is 4.16. The summed E-state index contributed by atoms with van der Waals surface area (Å²) in [4.78, 5) is 21.4. The van der Waals surface area contributed by atoms with E-state index in [0.29, 0.717) is 25.0 Å². The van der Waals surface area contributed by atoms with E-state index >= 15 is 0 Å². The molecule has 6 nitrogen and oxygen atoms in total. The Morgan fingerprint density at radius 3 is 2.62 bits per heavy atom. The molecule has 6 heteroatoms. The van der Waals surface area contributed by atoms with Crippen LogP contribution in [0.15, 0.2) is 0 Å². The van der Waals surface area contributed by atoms with E-state index in [1.165, 1.54) is 6.42 Å². The molecule has 0 aromatic heterocycles. The summed E-state index contributed by atoms with van der Waals surface area (Å²) >= 11 is 0. The Bertz CT molecular complexity index is 258. The predicted octanol–water partition coefficient (Wildman–Crippen LogP) is -0.427. The van der Waals surface area contributed by atoms with Gasteiger partial charge in [-0.3, -0.25) is 10.1 Å². The minimum absolute atomic E-state index is 0.128. The highest BCUT2D eigenvalue weighted by Crippen LogP contribution is 2.30. The molecule has 0 heterocycles. The number of hydrogen-bond acceptors (Lipinski definition) is 4. The van der Waals surface area contributed by atoms with Gasteiger partial charge in [-0.15, -0.1) is 0 Å². The van der Waals surface area contributed by atoms with E-state index in [4.69, 9.17) is 16.2 Å². The lowest BCUT2D eigenvalue weighted by Gasteiger charge is -2.17. The van der Waals surface area contributed by atoms with Gasteiger partial charge in [-0.25, -0.2) is 4.79 Å². The molecule has 92 valence electrons. The number of amides is 3. The summed E-state index contributed by atoms with van der Waals surface area (Å²) in [7, 11) is 0. The highest BCUT2D eigenvalue weighted by atomic mass is 16.5. The molecular formula is C10H19N3O3. The van der Waals surface area contributed by atoms with Crippen molar-refractivity contribution in [1.82, 2.24) is 5.32 Å². The molecule has 2 unspecified atom stereocenters. The normalized spacial score (nSPS) is 24.3. The standard InChI is InChI=1S/C10H19N3O3/c11-4-7-2-1-3-8(7)5-16-6-9(14)13-10(12)15/h7-8H,1-6,11H2,(H3,12,13,14,15). The molecule has 2 atom stereocenters. The Kier molecular flexibility index (Phi) is 5.21. The van der Waals surface area contributed by atoms with Gasteiger partial charge >= 0.3 is 6.03 Å². The van der Waals surface area contributed by atoms with Gasteiger partial charge in [0.15, 0.2) is 0 Å². The van der Waals surface area contributed by atoms with Gasteiger partial charge in [0, 0.05) is 0 Å². The van der Waals surface area contributed by atoms with Gasteiger partial charge < -0.3 is 16.2 Å². The molecule has 1 saturated carbocycles. The fraction of sp³-hybridized carbons (Fsp3) is 0.800. The van der Waals surface area contributed by atoms with Gasteiger partial charge in [0.2, 0.25) is 0 Å². The first-order chi connectivity index (χ1) is 7.63. The van der Waals surface area contributed by atoms with Gasteiger partial charge in [0.05, 0.1) is 6.61 Å². The van der Waals surface area contributed by atoms with Crippen LogP contribution in [0.2, 0.25) is 0 Å². The molecule has 0 aliphatic heterocycles. The number of nitrogens with one attached hydrogen (secondary N) is 1. The fourth-order valence-electron chi connectivity index (χ4n) is 2.12. The number of carbonyl (C=O) groups excluding carboxylic acids is 2. The summed E-state index contributed by atoms with van der Waals surface area (Å²) in [6.07, 6.45) is 3.40. The Hall–Kier alpha value is -1.14. The molecule has 5 N–H and O–H groups in total. The summed E-state index contributed by atoms with van der Waals surface area (Å²) in [6.45, 7) is 1.06. The van der Waals surface area contributed by atoms with Crippen molar-refractivity contribution in [3.05, 3.63) is 0 Å². The van der Waals surface area contributed by atoms with Crippen LogP contribution in [0.25, 0.3) is 0 Å². The number of carbonyl (C=O) groups is 2. The van der Waals surface area contributed by atoms with Crippen LogP contribution in [0.4, 0.5) is 4.79 Å². The molecule has 16 heavy (non-hydrogen) atoms. The number of urea groups is 1. The minimum Gasteiger partial charge on any atom is -0.371 e. The molecule has 3 amide bonds. The third-order valence-electron chi connectivity index (χ3n) is 2.95. The van der Waals surface area contributed by atoms with Crippen LogP contribution >= 0.6 is 0 Å². The largest absolute Gasteiger partial charge is 0.371 e. The van der Waals surface area contributed by atoms with Crippen LogP contribution in [0, 0.1) is 11.8 Å². The van der Waals surface area contributed by atoms with Crippen molar-refractivity contribution in [2.24, 2.45) is 23.3 Å². The maximum atomic E-state index is 11.0. The van der Waals surface area contributed by atoms with Crippen LogP contribution in [-0.2, 0) is 9.53 Å². The molecule has 0 aromatic rings. The Labute approximate surface area is 94.7 Å². The van der Waals surface area contributed by atoms with Crippen LogP contribution in [0.3, 0.4) is 0 Å². The molecule has 1 aliphatic rings. The molecule has 0 spiro atoms. The fourth-order valence-corrected chi connectivity index (χ4v) is 2.12. The third-order valence-corrected chi connectivity index (χ3v) is 2.95. The van der Waals surface area contributed by atoms with Crippen molar-refractivity contribution < 1.29 is 14.3 Å². The maximum absolute atomic E-state index is 11.0. The van der Waals surface area contributed by atoms with Gasteiger partial charge in [0.1, 0.15) is 6.61 Å². The molecule has 0 bridgehead atoms. The second-order valence-corrected chi connectivity index (χ2v) is 4.11. The second-order valence-electron chi connectivity index (χ2n) is 4.11. The lowest BCUT2D eigenvalue weighted by Crippen LogP contribution is -2.37. The Morgan fingerprint density at radius 2 is 2.00 bits per heavy atom. The SMILES string of the molecule is NCC1CCCC1COCC(=O)NC(N)=O. The summed E-state index contributed by atoms with van der Waals surface area (Å²) in [5.41, 5.74) is 10.4. The molecule has 0 aromatic carbocycles. The van der Waals surface area contributed by atoms with Gasteiger partial charge in [0.25, 0.3) is 5.91 Å². The highest BCUT2D eigenvalue weighted by molar-refractivity contribution is 5.94. The molecule has 1 rings (SSSR count). The highest BCUT2D eigenvalue weighted by Gasteiger charge is 2.26. The molecule has 1 aliphatic carbocycles. The van der Waals surface area contributed by atoms with Gasteiger partial charge in [-0.05, 0) is 31.2 Å². The van der Waals surface area contributed by atoms with Crippen molar-refractivity contribution in [2.75, 3.05) is 19.8 Å². The topological polar surface area (TPSA) is 107 Å². The van der Waals surface area contributed by atoms with Crippen LogP contribution in [-0.4, -0.2) is 31.7 Å². The number of nitrogens with two attached hydrogens (primary N) is 2. The minimum atomic E-state index is -0.852. The number of ether oxygens (including phenoxy) is 1. The molecule has 1 fully saturated rings. The number of primary amides is 1. The van der Waals surface area contributed by atoms with E-state index in [9.17, 15) is 9.59 Å². The number of rotatable bonds is 5. The van der Waals surface area contributed by atoms with Crippen LogP contribution in [0.5, 0.6) is 0 Å². The van der Waals surface area contributed by atoms with E-state index in [1.54, 1.807) is 0 Å². The van der Waals surface area contributed by atoms with Crippen molar-refractivity contribution in [3.63, 3.8) is 0 Å². The summed E-state index contributed by atoms with van der Waals surface area (Å²) in [5.74, 6) is 0.431. The smallest absolute Gasteiger partial charge is 0.318 e. The van der Waals surface area contributed by atoms with Crippen molar-refractivity contribution >= 4 is 11.9 Å². The zero-order valence-electron chi connectivity index (χ0n) is 9.28. The van der Waals surface area contributed by atoms with E-state index < -0.39 is 11.9 Å². The summed E-state index contributed by atoms with van der Waals surface area (Å²) < 4.78 is 5.24. The quantitative estimate of drug-likeness (QED) is 0.594. The van der Waals surface area contributed by atoms with Crippen LogP contribution in [0.1, 0.15) is 19.3 Å². The first-order valence-corrected chi connectivity index (χ1v) is 5.50. The number of hydrogen-bond donors (Lipinski definition) is 3. The average molecular weight is 229 g/mol. The Morgan fingerprint density at radius 1 is 1.31 bits per heavy atom. The first-order valence-electron chi connectivity index (χ1n) is 5.50. The van der Waals surface area contributed by atoms with Crippen molar-refractivity contribution in [3.8, 4) is 0 Å². The van der Waals surface area contributed by atoms with E-state index in [1.807, 2.05) is 5.32 Å². The lowest BCUT2D eigenvalue weighted by atomic mass is 9.97. The Balaban J connectivity index is 2.15. The van der Waals surface area contributed by atoms with E-state index in [0.717, 1.165) is 12.8 Å². The summed E-state index contributed by atoms with van der Waals surface area (Å²) in [5, 5.41) is 1.94. The van der Waals surface area contributed by atoms with Gasteiger partial charge in [-0.1, -0.05) is 6.42 Å². The lowest BCUT2D eigenvalue weighted by molar-refractivity contribution is -0.125. The van der Waals surface area contributed by atoms with E-state index in [-0.39, 0.29) is 6.61 Å². The van der Waals surface area contributed by atoms with Crippen molar-refractivity contribution in [1.29, 1.82) is 0 Å². The molecule has 0 saturated heterocycles. The number of imide groups is 1. The first kappa shape index (κ1) is 12.9. The molecular weight excluding hydrogens is 210 g/mol. The average Bonchev–Trinajstić information content (AvgIpc) is 2.64. The maximum Gasteiger partial charge on any atom is 0.318 e.